The van der Waals surface area contributed by atoms with E-state index >= 15 is 0 Å². The molecule has 4 heteroatoms. The first-order valence-corrected chi connectivity index (χ1v) is 24.1. The second kappa shape index (κ2) is 15.1. The van der Waals surface area contributed by atoms with Gasteiger partial charge in [0.15, 0.2) is 0 Å². The van der Waals surface area contributed by atoms with Crippen molar-refractivity contribution in [3.63, 3.8) is 0 Å². The van der Waals surface area contributed by atoms with Crippen molar-refractivity contribution < 1.29 is 0 Å². The molecule has 0 saturated carbocycles. The maximum atomic E-state index is 2.44. The molecule has 0 bridgehead atoms. The second-order valence-electron chi connectivity index (χ2n) is 18.5. The quantitative estimate of drug-likeness (QED) is 0.156. The van der Waals surface area contributed by atoms with Gasteiger partial charge in [0.25, 0.3) is 0 Å². The van der Waals surface area contributed by atoms with Crippen LogP contribution in [-0.2, 0) is 0 Å². The van der Waals surface area contributed by atoms with Gasteiger partial charge in [-0.3, -0.25) is 0 Å². The first-order valence-electron chi connectivity index (χ1n) is 24.1. The van der Waals surface area contributed by atoms with Crippen molar-refractivity contribution in [2.75, 3.05) is 4.90 Å². The molecule has 0 atom stereocenters. The molecule has 15 rings (SSSR count). The summed E-state index contributed by atoms with van der Waals surface area (Å²) in [5.41, 5.74) is 18.9. The summed E-state index contributed by atoms with van der Waals surface area (Å²) in [6, 6.07) is 93.3. The van der Waals surface area contributed by atoms with E-state index in [1.165, 1.54) is 104 Å². The van der Waals surface area contributed by atoms with Crippen LogP contribution in [0.3, 0.4) is 0 Å². The van der Waals surface area contributed by atoms with Crippen LogP contribution in [0.4, 0.5) is 17.1 Å². The zero-order valence-electron chi connectivity index (χ0n) is 38.0. The number of aromatic nitrogens is 3. The monoisotopic (exact) mass is 890 g/mol. The van der Waals surface area contributed by atoms with Gasteiger partial charge in [0.2, 0.25) is 0 Å². The molecule has 11 aromatic carbocycles. The second-order valence-corrected chi connectivity index (χ2v) is 18.5. The van der Waals surface area contributed by atoms with Crippen molar-refractivity contribution >= 4 is 98.8 Å². The molecule has 0 fully saturated rings. The Morgan fingerprint density at radius 1 is 0.229 bits per heavy atom. The van der Waals surface area contributed by atoms with E-state index in [1.807, 2.05) is 0 Å². The molecule has 0 amide bonds. The summed E-state index contributed by atoms with van der Waals surface area (Å²) >= 11 is 0. The van der Waals surface area contributed by atoms with Crippen molar-refractivity contribution in [2.45, 2.75) is 0 Å². The van der Waals surface area contributed by atoms with Crippen LogP contribution in [-0.4, -0.2) is 13.5 Å². The number of fused-ring (bicyclic) bond motifs is 12. The van der Waals surface area contributed by atoms with E-state index in [-0.39, 0.29) is 0 Å². The maximum absolute atomic E-state index is 2.44. The van der Waals surface area contributed by atoms with E-state index in [0.717, 1.165) is 28.4 Å². The van der Waals surface area contributed by atoms with E-state index in [2.05, 4.69) is 273 Å². The molecule has 70 heavy (non-hydrogen) atoms. The van der Waals surface area contributed by atoms with Crippen LogP contribution in [0.5, 0.6) is 0 Å². The molecule has 0 spiro atoms. The average molecular weight is 891 g/mol. The lowest BCUT2D eigenvalue weighted by Crippen LogP contribution is -2.10. The molecule has 0 saturated heterocycles. The largest absolute Gasteiger partial charge is 0.311 e. The molecule has 0 aliphatic heterocycles. The van der Waals surface area contributed by atoms with Crippen LogP contribution < -0.4 is 4.90 Å². The third-order valence-electron chi connectivity index (χ3n) is 14.8. The fourth-order valence-electron chi connectivity index (χ4n) is 11.6. The predicted molar refractivity (Wildman–Crippen MR) is 295 cm³/mol. The molecular formula is C66H42N4. The fourth-order valence-corrected chi connectivity index (χ4v) is 11.6. The molecule has 0 unspecified atom stereocenters. The van der Waals surface area contributed by atoms with E-state index in [0.29, 0.717) is 0 Å². The Bertz CT molecular complexity index is 4300. The number of para-hydroxylation sites is 6. The number of hydrogen-bond donors (Lipinski definition) is 0. The number of hydrogen-bond acceptors (Lipinski definition) is 1. The minimum Gasteiger partial charge on any atom is -0.311 e. The first-order chi connectivity index (χ1) is 34.7. The Labute approximate surface area is 403 Å². The number of benzene rings is 11. The molecule has 0 aliphatic rings. The van der Waals surface area contributed by atoms with E-state index in [1.54, 1.807) is 0 Å². The number of anilines is 3. The molecule has 0 radical (unpaired) electrons. The Hall–Kier alpha value is -9.38. The Morgan fingerprint density at radius 2 is 0.500 bits per heavy atom. The Balaban J connectivity index is 0.824. The highest BCUT2D eigenvalue weighted by Gasteiger charge is 2.20. The van der Waals surface area contributed by atoms with Crippen LogP contribution in [0.2, 0.25) is 0 Å². The lowest BCUT2D eigenvalue weighted by molar-refractivity contribution is 1.17. The van der Waals surface area contributed by atoms with Crippen molar-refractivity contribution in [2.24, 2.45) is 0 Å². The summed E-state index contributed by atoms with van der Waals surface area (Å²) in [6.45, 7) is 0. The topological polar surface area (TPSA) is 17.5 Å². The lowest BCUT2D eigenvalue weighted by Gasteiger charge is -2.26. The van der Waals surface area contributed by atoms with Gasteiger partial charge in [-0.1, -0.05) is 146 Å². The molecule has 15 aromatic rings. The molecule has 326 valence electrons. The minimum absolute atomic E-state index is 1.08. The summed E-state index contributed by atoms with van der Waals surface area (Å²) in [6.07, 6.45) is 0. The maximum Gasteiger partial charge on any atom is 0.0620 e. The van der Waals surface area contributed by atoms with Gasteiger partial charge in [0.05, 0.1) is 38.6 Å². The molecule has 4 nitrogen and oxygen atoms in total. The van der Waals surface area contributed by atoms with Gasteiger partial charge < -0.3 is 18.4 Å². The van der Waals surface area contributed by atoms with Crippen molar-refractivity contribution in [3.05, 3.63) is 255 Å². The van der Waals surface area contributed by atoms with E-state index in [9.17, 15) is 0 Å². The van der Waals surface area contributed by atoms with Crippen molar-refractivity contribution in [1.82, 2.24) is 13.5 Å². The first kappa shape index (κ1) is 38.7. The van der Waals surface area contributed by atoms with Crippen LogP contribution in [0.15, 0.2) is 255 Å². The van der Waals surface area contributed by atoms with Gasteiger partial charge in [-0.05, 0) is 131 Å². The van der Waals surface area contributed by atoms with Gasteiger partial charge in [0, 0.05) is 71.5 Å². The van der Waals surface area contributed by atoms with Gasteiger partial charge in [0.1, 0.15) is 0 Å². The highest BCUT2D eigenvalue weighted by atomic mass is 15.1. The van der Waals surface area contributed by atoms with Gasteiger partial charge in [-0.2, -0.15) is 0 Å². The summed E-state index contributed by atoms with van der Waals surface area (Å²) in [4.78, 5) is 2.38. The smallest absolute Gasteiger partial charge is 0.0620 e. The van der Waals surface area contributed by atoms with Crippen LogP contribution in [0.1, 0.15) is 0 Å². The zero-order chi connectivity index (χ0) is 45.9. The standard InChI is InChI=1S/C66H42N4/c1-7-19-60-52(13-1)53-14-2-8-20-61(53)68(60)50-35-27-44(28-36-50)43-25-31-47(32-26-43)67(49-37-39-51(40-38-49)69-62-21-9-3-15-54(62)55-16-4-10-22-63(55)69)48-33-29-45(30-34-48)46-41-58-56-17-5-11-23-64(56)70-65-24-12-6-18-57(65)59(42-46)66(58)70/h1-42H. The molecule has 4 heterocycles. The average Bonchev–Trinajstić information content (AvgIpc) is 4.16. The number of rotatable bonds is 7. The van der Waals surface area contributed by atoms with Gasteiger partial charge >= 0.3 is 0 Å². The Kier molecular flexibility index (Phi) is 8.33. The zero-order valence-corrected chi connectivity index (χ0v) is 38.0. The third-order valence-corrected chi connectivity index (χ3v) is 14.8. The highest BCUT2D eigenvalue weighted by Crippen LogP contribution is 2.43. The normalized spacial score (nSPS) is 12.0. The highest BCUT2D eigenvalue weighted by molar-refractivity contribution is 6.24. The lowest BCUT2D eigenvalue weighted by atomic mass is 9.99. The van der Waals surface area contributed by atoms with Gasteiger partial charge in [-0.25, -0.2) is 0 Å². The van der Waals surface area contributed by atoms with Gasteiger partial charge in [-0.15, -0.1) is 0 Å². The SMILES string of the molecule is c1ccc2c(c1)c1ccccc1n2-c1ccc(-c2ccc(N(c3ccc(-c4cc5c6ccccc6n6c7ccccc7c(c4)c56)cc3)c3ccc(-n4c5ccccc5c5ccccc54)cc3)cc2)cc1. The van der Waals surface area contributed by atoms with Crippen LogP contribution in [0.25, 0.3) is 115 Å². The van der Waals surface area contributed by atoms with E-state index in [4.69, 9.17) is 0 Å². The van der Waals surface area contributed by atoms with Crippen molar-refractivity contribution in [3.8, 4) is 33.6 Å². The van der Waals surface area contributed by atoms with E-state index < -0.39 is 0 Å². The molecule has 4 aromatic heterocycles. The van der Waals surface area contributed by atoms with Crippen molar-refractivity contribution in [1.29, 1.82) is 0 Å². The summed E-state index contributed by atoms with van der Waals surface area (Å²) < 4.78 is 7.20. The summed E-state index contributed by atoms with van der Waals surface area (Å²) in [5.74, 6) is 0. The summed E-state index contributed by atoms with van der Waals surface area (Å²) in [7, 11) is 0. The minimum atomic E-state index is 1.08. The third kappa shape index (κ3) is 5.71. The molecule has 0 N–H and O–H groups in total. The Morgan fingerprint density at radius 3 is 0.871 bits per heavy atom. The molecule has 0 aliphatic carbocycles. The summed E-state index contributed by atoms with van der Waals surface area (Å²) in [5, 5.41) is 10.2. The van der Waals surface area contributed by atoms with Crippen LogP contribution >= 0.6 is 0 Å². The molecular weight excluding hydrogens is 849 g/mol. The van der Waals surface area contributed by atoms with Crippen LogP contribution in [0, 0.1) is 0 Å². The fraction of sp³-hybridized carbons (Fsp3) is 0. The predicted octanol–water partition coefficient (Wildman–Crippen LogP) is 17.8. The number of nitrogens with zero attached hydrogens (tertiary/aromatic N) is 4.